The maximum absolute atomic E-state index is 5.38. The summed E-state index contributed by atoms with van der Waals surface area (Å²) in [6.07, 6.45) is 0. The number of hydrogen-bond donors (Lipinski definition) is 0. The lowest BCUT2D eigenvalue weighted by Crippen LogP contribution is -1.94. The molecule has 2 rings (SSSR count). The Balaban J connectivity index is 2.47. The van der Waals surface area contributed by atoms with Crippen molar-refractivity contribution in [2.75, 3.05) is 7.11 Å². The van der Waals surface area contributed by atoms with Crippen molar-refractivity contribution in [3.05, 3.63) is 33.1 Å². The number of nitrogens with zero attached hydrogens (tertiary/aromatic N) is 1. The molecular weight excluding hydrogens is 298 g/mol. The first kappa shape index (κ1) is 12.6. The van der Waals surface area contributed by atoms with E-state index in [1.54, 1.807) is 18.4 Å². The number of benzene rings is 1. The van der Waals surface area contributed by atoms with Gasteiger partial charge in [-0.25, -0.2) is 4.98 Å². The maximum atomic E-state index is 5.38. The third-order valence-corrected chi connectivity index (χ3v) is 3.99. The van der Waals surface area contributed by atoms with Gasteiger partial charge in [0.25, 0.3) is 0 Å². The number of aromatic nitrogens is 1. The number of rotatable bonds is 3. The zero-order chi connectivity index (χ0) is 12.4. The Kier molecular flexibility index (Phi) is 3.84. The predicted octanol–water partition coefficient (Wildman–Crippen LogP) is 4.70. The molecule has 0 saturated carbocycles. The molecule has 0 aliphatic heterocycles. The minimum Gasteiger partial charge on any atom is -0.496 e. The van der Waals surface area contributed by atoms with Crippen LogP contribution in [0.2, 0.25) is 0 Å². The van der Waals surface area contributed by atoms with Crippen molar-refractivity contribution < 1.29 is 4.74 Å². The van der Waals surface area contributed by atoms with Gasteiger partial charge in [0.15, 0.2) is 3.92 Å². The van der Waals surface area contributed by atoms with Crippen LogP contribution in [0.25, 0.3) is 11.3 Å². The second-order valence-electron chi connectivity index (χ2n) is 4.10. The highest BCUT2D eigenvalue weighted by atomic mass is 79.9. The third-order valence-electron chi connectivity index (χ3n) is 2.62. The zero-order valence-corrected chi connectivity index (χ0v) is 12.4. The van der Waals surface area contributed by atoms with Gasteiger partial charge in [-0.3, -0.25) is 0 Å². The molecule has 0 radical (unpaired) electrons. The number of halogens is 1. The number of hydrogen-bond acceptors (Lipinski definition) is 3. The lowest BCUT2D eigenvalue weighted by atomic mass is 9.99. The summed E-state index contributed by atoms with van der Waals surface area (Å²) in [5, 5.41) is 2.05. The highest BCUT2D eigenvalue weighted by molar-refractivity contribution is 9.11. The summed E-state index contributed by atoms with van der Waals surface area (Å²) in [4.78, 5) is 4.43. The monoisotopic (exact) mass is 311 g/mol. The third kappa shape index (κ3) is 2.69. The molecule has 0 N–H and O–H groups in total. The Labute approximate surface area is 114 Å². The Morgan fingerprint density at radius 3 is 2.65 bits per heavy atom. The van der Waals surface area contributed by atoms with E-state index in [4.69, 9.17) is 4.74 Å². The van der Waals surface area contributed by atoms with Crippen LogP contribution in [0, 0.1) is 0 Å². The van der Waals surface area contributed by atoms with Gasteiger partial charge in [0.05, 0.1) is 12.8 Å². The van der Waals surface area contributed by atoms with E-state index in [0.29, 0.717) is 5.92 Å². The Morgan fingerprint density at radius 1 is 1.35 bits per heavy atom. The minimum atomic E-state index is 0.437. The normalized spacial score (nSPS) is 10.9. The molecule has 0 spiro atoms. The van der Waals surface area contributed by atoms with Crippen molar-refractivity contribution in [2.45, 2.75) is 19.8 Å². The van der Waals surface area contributed by atoms with Crippen LogP contribution in [-0.4, -0.2) is 12.1 Å². The van der Waals surface area contributed by atoms with Gasteiger partial charge in [0.1, 0.15) is 5.75 Å². The Morgan fingerprint density at radius 2 is 2.12 bits per heavy atom. The highest BCUT2D eigenvalue weighted by Gasteiger charge is 2.10. The Hall–Kier alpha value is -0.870. The average molecular weight is 312 g/mol. The van der Waals surface area contributed by atoms with Gasteiger partial charge in [-0.2, -0.15) is 0 Å². The van der Waals surface area contributed by atoms with E-state index in [9.17, 15) is 0 Å². The minimum absolute atomic E-state index is 0.437. The van der Waals surface area contributed by atoms with Crippen molar-refractivity contribution >= 4 is 27.3 Å². The van der Waals surface area contributed by atoms with Crippen LogP contribution in [0.4, 0.5) is 0 Å². The first-order valence-corrected chi connectivity index (χ1v) is 7.08. The van der Waals surface area contributed by atoms with E-state index in [-0.39, 0.29) is 0 Å². The molecule has 17 heavy (non-hydrogen) atoms. The molecule has 0 bridgehead atoms. The van der Waals surface area contributed by atoms with Crippen LogP contribution in [0.3, 0.4) is 0 Å². The largest absolute Gasteiger partial charge is 0.496 e. The van der Waals surface area contributed by atoms with Crippen molar-refractivity contribution in [2.24, 2.45) is 0 Å². The van der Waals surface area contributed by atoms with E-state index in [1.807, 2.05) is 12.1 Å². The highest BCUT2D eigenvalue weighted by Crippen LogP contribution is 2.32. The fraction of sp³-hybridized carbons (Fsp3) is 0.308. The van der Waals surface area contributed by atoms with Crippen LogP contribution in [0.15, 0.2) is 27.5 Å². The molecule has 0 amide bonds. The fourth-order valence-corrected chi connectivity index (χ4v) is 2.75. The number of ether oxygens (including phenoxy) is 1. The molecule has 0 unspecified atom stereocenters. The molecule has 0 fully saturated rings. The summed E-state index contributed by atoms with van der Waals surface area (Å²) < 4.78 is 6.29. The van der Waals surface area contributed by atoms with Crippen LogP contribution in [0.1, 0.15) is 25.3 Å². The van der Waals surface area contributed by atoms with E-state index < -0.39 is 0 Å². The summed E-state index contributed by atoms with van der Waals surface area (Å²) in [6, 6.07) is 6.22. The van der Waals surface area contributed by atoms with Crippen LogP contribution >= 0.6 is 27.3 Å². The smallest absolute Gasteiger partial charge is 0.159 e. The second kappa shape index (κ2) is 5.19. The molecule has 1 aromatic carbocycles. The van der Waals surface area contributed by atoms with Crippen molar-refractivity contribution in [1.82, 2.24) is 4.98 Å². The topological polar surface area (TPSA) is 22.1 Å². The van der Waals surface area contributed by atoms with Gasteiger partial charge in [0, 0.05) is 10.9 Å². The van der Waals surface area contributed by atoms with Gasteiger partial charge >= 0.3 is 0 Å². The van der Waals surface area contributed by atoms with Crippen molar-refractivity contribution in [1.29, 1.82) is 0 Å². The second-order valence-corrected chi connectivity index (χ2v) is 6.23. The van der Waals surface area contributed by atoms with E-state index in [0.717, 1.165) is 20.9 Å². The molecule has 0 saturated heterocycles. The SMILES string of the molecule is COc1ccc(-c2csc(Br)n2)cc1C(C)C. The molecule has 1 heterocycles. The lowest BCUT2D eigenvalue weighted by Gasteiger charge is -2.12. The zero-order valence-electron chi connectivity index (χ0n) is 10.0. The molecule has 0 aliphatic carbocycles. The summed E-state index contributed by atoms with van der Waals surface area (Å²) in [6.45, 7) is 4.33. The average Bonchev–Trinajstić information content (AvgIpc) is 2.75. The van der Waals surface area contributed by atoms with Gasteiger partial charge in [-0.15, -0.1) is 11.3 Å². The van der Waals surface area contributed by atoms with E-state index in [1.165, 1.54) is 5.56 Å². The summed E-state index contributed by atoms with van der Waals surface area (Å²) in [5.74, 6) is 1.38. The van der Waals surface area contributed by atoms with Crippen LogP contribution in [0.5, 0.6) is 5.75 Å². The summed E-state index contributed by atoms with van der Waals surface area (Å²) in [7, 11) is 1.71. The molecule has 90 valence electrons. The number of thiazole rings is 1. The van der Waals surface area contributed by atoms with Crippen LogP contribution in [-0.2, 0) is 0 Å². The van der Waals surface area contributed by atoms with Gasteiger partial charge in [-0.1, -0.05) is 13.8 Å². The molecule has 2 aromatic rings. The standard InChI is InChI=1S/C13H14BrNOS/c1-8(2)10-6-9(4-5-12(10)16-3)11-7-17-13(14)15-11/h4-8H,1-3H3. The molecular formula is C13H14BrNOS. The molecule has 4 heteroatoms. The number of methoxy groups -OCH3 is 1. The Bertz CT molecular complexity index is 522. The van der Waals surface area contributed by atoms with Gasteiger partial charge in [0.2, 0.25) is 0 Å². The lowest BCUT2D eigenvalue weighted by molar-refractivity contribution is 0.407. The molecule has 2 nitrogen and oxygen atoms in total. The molecule has 0 atom stereocenters. The van der Waals surface area contributed by atoms with Crippen molar-refractivity contribution in [3.8, 4) is 17.0 Å². The maximum Gasteiger partial charge on any atom is 0.159 e. The molecule has 0 aliphatic rings. The van der Waals surface area contributed by atoms with E-state index in [2.05, 4.69) is 46.2 Å². The first-order chi connectivity index (χ1) is 8.11. The molecule has 1 aromatic heterocycles. The quantitative estimate of drug-likeness (QED) is 0.819. The van der Waals surface area contributed by atoms with Crippen LogP contribution < -0.4 is 4.74 Å². The summed E-state index contributed by atoms with van der Waals surface area (Å²) in [5.41, 5.74) is 3.36. The first-order valence-electron chi connectivity index (χ1n) is 5.41. The van der Waals surface area contributed by atoms with E-state index >= 15 is 0 Å². The van der Waals surface area contributed by atoms with Crippen molar-refractivity contribution in [3.63, 3.8) is 0 Å². The van der Waals surface area contributed by atoms with Gasteiger partial charge in [-0.05, 0) is 45.6 Å². The predicted molar refractivity (Wildman–Crippen MR) is 75.9 cm³/mol. The van der Waals surface area contributed by atoms with Gasteiger partial charge < -0.3 is 4.74 Å². The fourth-order valence-electron chi connectivity index (χ4n) is 1.73. The summed E-state index contributed by atoms with van der Waals surface area (Å²) >= 11 is 4.99.